The lowest BCUT2D eigenvalue weighted by atomic mass is 9.91. The Morgan fingerprint density at radius 2 is 1.91 bits per heavy atom. The van der Waals surface area contributed by atoms with Crippen LogP contribution in [-0.2, 0) is 20.9 Å². The lowest BCUT2D eigenvalue weighted by Gasteiger charge is -2.27. The van der Waals surface area contributed by atoms with Gasteiger partial charge >= 0.3 is 0 Å². The van der Waals surface area contributed by atoms with Gasteiger partial charge in [0.05, 0.1) is 26.0 Å². The van der Waals surface area contributed by atoms with E-state index in [9.17, 15) is 9.59 Å². The van der Waals surface area contributed by atoms with Gasteiger partial charge in [0.1, 0.15) is 11.2 Å². The SMILES string of the molecule is CC(C)(C(=O)NCCN1CCOCC1)C(=O)NCc1ccco1. The summed E-state index contributed by atoms with van der Waals surface area (Å²) in [6.45, 7) is 8.02. The summed E-state index contributed by atoms with van der Waals surface area (Å²) in [5, 5.41) is 5.56. The molecule has 2 heterocycles. The molecule has 2 amide bonds. The lowest BCUT2D eigenvalue weighted by Crippen LogP contribution is -2.49. The predicted octanol–water partition coefficient (Wildman–Crippen LogP) is 0.370. The molecule has 1 aromatic rings. The first-order valence-electron chi connectivity index (χ1n) is 7.89. The zero-order valence-electron chi connectivity index (χ0n) is 13.8. The Hall–Kier alpha value is -1.86. The molecule has 0 spiro atoms. The van der Waals surface area contributed by atoms with Crippen LogP contribution < -0.4 is 10.6 Å². The summed E-state index contributed by atoms with van der Waals surface area (Å²) < 4.78 is 10.4. The third kappa shape index (κ3) is 5.07. The number of nitrogens with one attached hydrogen (secondary N) is 2. The van der Waals surface area contributed by atoms with Gasteiger partial charge in [-0.05, 0) is 26.0 Å². The molecule has 1 aromatic heterocycles. The Bertz CT molecular complexity index is 507. The zero-order valence-corrected chi connectivity index (χ0v) is 13.8. The molecule has 1 aliphatic rings. The number of ether oxygens (including phenoxy) is 1. The van der Waals surface area contributed by atoms with Crippen LogP contribution in [0.15, 0.2) is 22.8 Å². The second-order valence-electron chi connectivity index (χ2n) is 6.10. The number of nitrogens with zero attached hydrogens (tertiary/aromatic N) is 1. The van der Waals surface area contributed by atoms with E-state index in [1.807, 2.05) is 0 Å². The van der Waals surface area contributed by atoms with E-state index in [4.69, 9.17) is 9.15 Å². The van der Waals surface area contributed by atoms with E-state index in [2.05, 4.69) is 15.5 Å². The summed E-state index contributed by atoms with van der Waals surface area (Å²) in [5.41, 5.74) is -1.13. The largest absolute Gasteiger partial charge is 0.467 e. The van der Waals surface area contributed by atoms with Gasteiger partial charge in [0.2, 0.25) is 11.8 Å². The van der Waals surface area contributed by atoms with Crippen molar-refractivity contribution >= 4 is 11.8 Å². The fourth-order valence-corrected chi connectivity index (χ4v) is 2.28. The minimum Gasteiger partial charge on any atom is -0.467 e. The Labute approximate surface area is 136 Å². The van der Waals surface area contributed by atoms with Gasteiger partial charge in [0, 0.05) is 26.2 Å². The number of rotatable bonds is 7. The maximum Gasteiger partial charge on any atom is 0.235 e. The molecule has 0 aliphatic carbocycles. The Kier molecular flexibility index (Phi) is 6.18. The van der Waals surface area contributed by atoms with Gasteiger partial charge in [-0.2, -0.15) is 0 Å². The molecule has 7 nitrogen and oxygen atoms in total. The van der Waals surface area contributed by atoms with E-state index < -0.39 is 5.41 Å². The van der Waals surface area contributed by atoms with Crippen LogP contribution >= 0.6 is 0 Å². The van der Waals surface area contributed by atoms with Crippen molar-refractivity contribution in [3.05, 3.63) is 24.2 Å². The van der Waals surface area contributed by atoms with E-state index in [0.717, 1.165) is 32.8 Å². The fourth-order valence-electron chi connectivity index (χ4n) is 2.28. The lowest BCUT2D eigenvalue weighted by molar-refractivity contribution is -0.141. The van der Waals surface area contributed by atoms with Gasteiger partial charge < -0.3 is 19.8 Å². The predicted molar refractivity (Wildman–Crippen MR) is 84.6 cm³/mol. The molecule has 7 heteroatoms. The summed E-state index contributed by atoms with van der Waals surface area (Å²) >= 11 is 0. The van der Waals surface area contributed by atoms with Gasteiger partial charge in [-0.1, -0.05) is 0 Å². The highest BCUT2D eigenvalue weighted by Gasteiger charge is 2.35. The second kappa shape index (κ2) is 8.12. The number of furan rings is 1. The van der Waals surface area contributed by atoms with Crippen molar-refractivity contribution in [2.75, 3.05) is 39.4 Å². The number of amides is 2. The molecule has 1 aliphatic heterocycles. The van der Waals surface area contributed by atoms with Crippen molar-refractivity contribution in [1.29, 1.82) is 0 Å². The maximum atomic E-state index is 12.3. The van der Waals surface area contributed by atoms with Crippen LogP contribution in [0.2, 0.25) is 0 Å². The molecule has 2 N–H and O–H groups in total. The molecule has 0 unspecified atom stereocenters. The highest BCUT2D eigenvalue weighted by molar-refractivity contribution is 6.04. The fraction of sp³-hybridized carbons (Fsp3) is 0.625. The van der Waals surface area contributed by atoms with Crippen LogP contribution in [0.25, 0.3) is 0 Å². The highest BCUT2D eigenvalue weighted by Crippen LogP contribution is 2.15. The number of hydrogen-bond donors (Lipinski definition) is 2. The third-order valence-electron chi connectivity index (χ3n) is 3.96. The molecule has 0 saturated carbocycles. The molecule has 23 heavy (non-hydrogen) atoms. The molecule has 0 bridgehead atoms. The monoisotopic (exact) mass is 323 g/mol. The number of hydrogen-bond acceptors (Lipinski definition) is 5. The molecule has 1 fully saturated rings. The van der Waals surface area contributed by atoms with Crippen molar-refractivity contribution < 1.29 is 18.7 Å². The van der Waals surface area contributed by atoms with Crippen LogP contribution in [0.5, 0.6) is 0 Å². The minimum atomic E-state index is -1.13. The van der Waals surface area contributed by atoms with E-state index in [-0.39, 0.29) is 18.4 Å². The van der Waals surface area contributed by atoms with Crippen LogP contribution in [0.3, 0.4) is 0 Å². The van der Waals surface area contributed by atoms with Crippen LogP contribution in [0.1, 0.15) is 19.6 Å². The average molecular weight is 323 g/mol. The van der Waals surface area contributed by atoms with Crippen LogP contribution in [0.4, 0.5) is 0 Å². The number of morpholine rings is 1. The van der Waals surface area contributed by atoms with Gasteiger partial charge in [0.15, 0.2) is 0 Å². The number of carbonyl (C=O) groups is 2. The Morgan fingerprint density at radius 3 is 2.57 bits per heavy atom. The Morgan fingerprint density at radius 1 is 1.22 bits per heavy atom. The van der Waals surface area contributed by atoms with Crippen molar-refractivity contribution in [2.24, 2.45) is 5.41 Å². The second-order valence-corrected chi connectivity index (χ2v) is 6.10. The molecule has 1 saturated heterocycles. The molecular weight excluding hydrogens is 298 g/mol. The maximum absolute atomic E-state index is 12.3. The molecule has 0 radical (unpaired) electrons. The summed E-state index contributed by atoms with van der Waals surface area (Å²) in [6.07, 6.45) is 1.55. The molecule has 0 aromatic carbocycles. The zero-order chi connectivity index (χ0) is 16.7. The van der Waals surface area contributed by atoms with Crippen LogP contribution in [0, 0.1) is 5.41 Å². The molecule has 0 atom stereocenters. The molecular formula is C16H25N3O4. The first kappa shape index (κ1) is 17.5. The summed E-state index contributed by atoms with van der Waals surface area (Å²) in [6, 6.07) is 3.53. The average Bonchev–Trinajstić information content (AvgIpc) is 3.06. The standard InChI is InChI=1S/C16H25N3O4/c1-16(2,15(21)18-12-13-4-3-9-23-13)14(20)17-5-6-19-7-10-22-11-8-19/h3-4,9H,5-8,10-12H2,1-2H3,(H,17,20)(H,18,21). The normalized spacial score (nSPS) is 16.1. The summed E-state index contributed by atoms with van der Waals surface area (Å²) in [7, 11) is 0. The topological polar surface area (TPSA) is 83.8 Å². The van der Waals surface area contributed by atoms with Gasteiger partial charge in [-0.3, -0.25) is 14.5 Å². The van der Waals surface area contributed by atoms with E-state index in [0.29, 0.717) is 12.3 Å². The molecule has 128 valence electrons. The van der Waals surface area contributed by atoms with Crippen LogP contribution in [-0.4, -0.2) is 56.1 Å². The summed E-state index contributed by atoms with van der Waals surface area (Å²) in [4.78, 5) is 26.7. The Balaban J connectivity index is 1.73. The highest BCUT2D eigenvalue weighted by atomic mass is 16.5. The van der Waals surface area contributed by atoms with Crippen molar-refractivity contribution in [1.82, 2.24) is 15.5 Å². The molecule has 2 rings (SSSR count). The van der Waals surface area contributed by atoms with Crippen molar-refractivity contribution in [2.45, 2.75) is 20.4 Å². The van der Waals surface area contributed by atoms with Crippen molar-refractivity contribution in [3.8, 4) is 0 Å². The van der Waals surface area contributed by atoms with Gasteiger partial charge in [-0.25, -0.2) is 0 Å². The van der Waals surface area contributed by atoms with E-state index in [1.54, 1.807) is 32.2 Å². The summed E-state index contributed by atoms with van der Waals surface area (Å²) in [5.74, 6) is 0.0577. The smallest absolute Gasteiger partial charge is 0.235 e. The first-order valence-corrected chi connectivity index (χ1v) is 7.89. The quantitative estimate of drug-likeness (QED) is 0.708. The van der Waals surface area contributed by atoms with Gasteiger partial charge in [0.25, 0.3) is 0 Å². The van der Waals surface area contributed by atoms with Crippen molar-refractivity contribution in [3.63, 3.8) is 0 Å². The van der Waals surface area contributed by atoms with Gasteiger partial charge in [-0.15, -0.1) is 0 Å². The van der Waals surface area contributed by atoms with E-state index in [1.165, 1.54) is 0 Å². The van der Waals surface area contributed by atoms with E-state index >= 15 is 0 Å². The minimum absolute atomic E-state index is 0.274. The number of carbonyl (C=O) groups excluding carboxylic acids is 2. The first-order chi connectivity index (χ1) is 11.0. The third-order valence-corrected chi connectivity index (χ3v) is 3.96.